The smallest absolute Gasteiger partial charge is 0.260 e. The molecule has 0 bridgehead atoms. The summed E-state index contributed by atoms with van der Waals surface area (Å²) in [6.07, 6.45) is 1.88. The summed E-state index contributed by atoms with van der Waals surface area (Å²) in [5.41, 5.74) is 0.774. The van der Waals surface area contributed by atoms with Crippen LogP contribution in [0.25, 0.3) is 6.08 Å². The molecule has 22 heavy (non-hydrogen) atoms. The number of halogens is 1. The molecule has 0 saturated heterocycles. The van der Waals surface area contributed by atoms with E-state index in [0.29, 0.717) is 11.9 Å². The Hall–Kier alpha value is -2.67. The first-order valence-electron chi connectivity index (χ1n) is 6.18. The van der Waals surface area contributed by atoms with Crippen molar-refractivity contribution < 1.29 is 14.8 Å². The molecule has 0 atom stereocenters. The summed E-state index contributed by atoms with van der Waals surface area (Å²) < 4.78 is 0.864. The molecule has 0 aliphatic rings. The Morgan fingerprint density at radius 1 is 1.23 bits per heavy atom. The topological polar surface area (TPSA) is 92.5 Å². The van der Waals surface area contributed by atoms with Crippen molar-refractivity contribution in [3.05, 3.63) is 74.4 Å². The van der Waals surface area contributed by atoms with Gasteiger partial charge in [-0.05, 0) is 35.9 Å². The lowest BCUT2D eigenvalue weighted by atomic mass is 10.1. The molecular weight excluding hydrogens is 352 g/mol. The maximum absolute atomic E-state index is 12.3. The van der Waals surface area contributed by atoms with Gasteiger partial charge in [0.05, 0.1) is 10.5 Å². The Labute approximate surface area is 134 Å². The van der Waals surface area contributed by atoms with E-state index in [4.69, 9.17) is 0 Å². The molecule has 1 amide bonds. The molecule has 112 valence electrons. The average Bonchev–Trinajstić information content (AvgIpc) is 2.47. The Kier molecular flexibility index (Phi) is 4.90. The zero-order valence-corrected chi connectivity index (χ0v) is 12.8. The molecule has 0 aliphatic carbocycles. The number of nitro groups is 1. The fraction of sp³-hybridized carbons (Fsp3) is 0. The van der Waals surface area contributed by atoms with Crippen molar-refractivity contribution in [3.63, 3.8) is 0 Å². The van der Waals surface area contributed by atoms with Crippen molar-refractivity contribution in [2.45, 2.75) is 0 Å². The van der Waals surface area contributed by atoms with Crippen molar-refractivity contribution in [2.75, 3.05) is 5.32 Å². The largest absolute Gasteiger partial charge is 0.507 e. The lowest BCUT2D eigenvalue weighted by Crippen LogP contribution is -2.13. The van der Waals surface area contributed by atoms with Crippen LogP contribution in [0.4, 0.5) is 5.69 Å². The number of hydrogen-bond acceptors (Lipinski definition) is 4. The van der Waals surface area contributed by atoms with Crippen molar-refractivity contribution in [1.29, 1.82) is 0 Å². The van der Waals surface area contributed by atoms with Crippen LogP contribution in [0.2, 0.25) is 0 Å². The molecule has 2 aromatic carbocycles. The van der Waals surface area contributed by atoms with Crippen molar-refractivity contribution in [1.82, 2.24) is 0 Å². The van der Waals surface area contributed by atoms with Crippen molar-refractivity contribution in [3.8, 4) is 5.75 Å². The second-order valence-corrected chi connectivity index (χ2v) is 5.22. The van der Waals surface area contributed by atoms with Gasteiger partial charge in [-0.2, -0.15) is 0 Å². The standard InChI is InChI=1S/C15H11BrN2O4/c16-11-4-6-12(7-5-11)17-15(20)14-10(8-9-18(21)22)2-1-3-13(14)19/h1-9,19H,(H,17,20). The zero-order chi connectivity index (χ0) is 16.1. The minimum Gasteiger partial charge on any atom is -0.507 e. The Morgan fingerprint density at radius 3 is 2.55 bits per heavy atom. The van der Waals surface area contributed by atoms with Crippen molar-refractivity contribution in [2.24, 2.45) is 0 Å². The maximum atomic E-state index is 12.3. The average molecular weight is 363 g/mol. The summed E-state index contributed by atoms with van der Waals surface area (Å²) in [6.45, 7) is 0. The van der Waals surface area contributed by atoms with E-state index in [1.165, 1.54) is 18.2 Å². The number of hydrogen-bond donors (Lipinski definition) is 2. The van der Waals surface area contributed by atoms with Crippen LogP contribution in [-0.4, -0.2) is 15.9 Å². The molecular formula is C15H11BrN2O4. The van der Waals surface area contributed by atoms with E-state index in [0.717, 1.165) is 10.5 Å². The molecule has 0 saturated carbocycles. The predicted molar refractivity (Wildman–Crippen MR) is 86.2 cm³/mol. The van der Waals surface area contributed by atoms with E-state index in [9.17, 15) is 20.0 Å². The van der Waals surface area contributed by atoms with Gasteiger partial charge in [-0.3, -0.25) is 14.9 Å². The number of carbonyl (C=O) groups is 1. The maximum Gasteiger partial charge on any atom is 0.260 e. The summed E-state index contributed by atoms with van der Waals surface area (Å²) in [5.74, 6) is -0.802. The van der Waals surface area contributed by atoms with E-state index in [-0.39, 0.29) is 16.9 Å². The second kappa shape index (κ2) is 6.86. The first-order chi connectivity index (χ1) is 10.5. The minimum atomic E-state index is -0.638. The van der Waals surface area contributed by atoms with E-state index in [2.05, 4.69) is 21.2 Å². The highest BCUT2D eigenvalue weighted by atomic mass is 79.9. The van der Waals surface area contributed by atoms with Gasteiger partial charge >= 0.3 is 0 Å². The normalized spacial score (nSPS) is 10.6. The van der Waals surface area contributed by atoms with Crippen LogP contribution in [0.5, 0.6) is 5.75 Å². The Morgan fingerprint density at radius 2 is 1.91 bits per heavy atom. The highest BCUT2D eigenvalue weighted by Gasteiger charge is 2.15. The van der Waals surface area contributed by atoms with Crippen LogP contribution in [0, 0.1) is 10.1 Å². The SMILES string of the molecule is O=C(Nc1ccc(Br)cc1)c1c(O)cccc1C=C[N+](=O)[O-]. The number of carbonyl (C=O) groups excluding carboxylic acids is 1. The van der Waals surface area contributed by atoms with Gasteiger partial charge in [-0.25, -0.2) is 0 Å². The van der Waals surface area contributed by atoms with E-state index in [1.807, 2.05) is 0 Å². The van der Waals surface area contributed by atoms with Crippen molar-refractivity contribution >= 4 is 33.6 Å². The van der Waals surface area contributed by atoms with E-state index < -0.39 is 10.8 Å². The van der Waals surface area contributed by atoms with Crippen LogP contribution in [-0.2, 0) is 0 Å². The zero-order valence-electron chi connectivity index (χ0n) is 11.2. The Bertz CT molecular complexity index is 742. The number of nitrogens with one attached hydrogen (secondary N) is 1. The summed E-state index contributed by atoms with van der Waals surface area (Å²) in [6, 6.07) is 11.3. The number of aromatic hydroxyl groups is 1. The lowest BCUT2D eigenvalue weighted by Gasteiger charge is -2.09. The molecule has 2 N–H and O–H groups in total. The van der Waals surface area contributed by atoms with Gasteiger partial charge in [0, 0.05) is 16.2 Å². The van der Waals surface area contributed by atoms with Gasteiger partial charge in [0.1, 0.15) is 5.75 Å². The summed E-state index contributed by atoms with van der Waals surface area (Å²) in [7, 11) is 0. The fourth-order valence-corrected chi connectivity index (χ4v) is 2.08. The fourth-order valence-electron chi connectivity index (χ4n) is 1.81. The highest BCUT2D eigenvalue weighted by Crippen LogP contribution is 2.24. The molecule has 0 heterocycles. The Balaban J connectivity index is 2.32. The highest BCUT2D eigenvalue weighted by molar-refractivity contribution is 9.10. The van der Waals surface area contributed by atoms with E-state index in [1.54, 1.807) is 24.3 Å². The number of anilines is 1. The number of rotatable bonds is 4. The van der Waals surface area contributed by atoms with Gasteiger partial charge < -0.3 is 10.4 Å². The van der Waals surface area contributed by atoms with Crippen LogP contribution < -0.4 is 5.32 Å². The van der Waals surface area contributed by atoms with E-state index >= 15 is 0 Å². The number of phenolic OH excluding ortho intramolecular Hbond substituents is 1. The lowest BCUT2D eigenvalue weighted by molar-refractivity contribution is -0.400. The van der Waals surface area contributed by atoms with Gasteiger partial charge in [-0.15, -0.1) is 0 Å². The minimum absolute atomic E-state index is 0.0245. The first-order valence-corrected chi connectivity index (χ1v) is 6.97. The molecule has 2 aromatic rings. The van der Waals surface area contributed by atoms with Crippen LogP contribution in [0.1, 0.15) is 15.9 Å². The summed E-state index contributed by atoms with van der Waals surface area (Å²) >= 11 is 3.29. The number of benzene rings is 2. The third-order valence-corrected chi connectivity index (χ3v) is 3.31. The van der Waals surface area contributed by atoms with Gasteiger partial charge in [0.2, 0.25) is 6.20 Å². The van der Waals surface area contributed by atoms with Gasteiger partial charge in [-0.1, -0.05) is 28.1 Å². The molecule has 2 rings (SSSR count). The molecule has 0 aromatic heterocycles. The van der Waals surface area contributed by atoms with Gasteiger partial charge in [0.25, 0.3) is 5.91 Å². The molecule has 0 radical (unpaired) electrons. The van der Waals surface area contributed by atoms with Crippen LogP contribution in [0.15, 0.2) is 53.1 Å². The first kappa shape index (κ1) is 15.7. The van der Waals surface area contributed by atoms with Gasteiger partial charge in [0.15, 0.2) is 0 Å². The molecule has 0 spiro atoms. The number of nitrogens with zero attached hydrogens (tertiary/aromatic N) is 1. The third kappa shape index (κ3) is 3.92. The predicted octanol–water partition coefficient (Wildman–Crippen LogP) is 3.65. The quantitative estimate of drug-likeness (QED) is 0.641. The summed E-state index contributed by atoms with van der Waals surface area (Å²) in [4.78, 5) is 22.1. The molecule has 0 unspecified atom stereocenters. The number of amides is 1. The molecule has 0 aliphatic heterocycles. The summed E-state index contributed by atoms with van der Waals surface area (Å²) in [5, 5.41) is 22.9. The molecule has 6 nitrogen and oxygen atoms in total. The molecule has 7 heteroatoms. The number of phenols is 1. The second-order valence-electron chi connectivity index (χ2n) is 4.30. The monoisotopic (exact) mass is 362 g/mol. The third-order valence-electron chi connectivity index (χ3n) is 2.78. The van der Waals surface area contributed by atoms with Crippen LogP contribution >= 0.6 is 15.9 Å². The van der Waals surface area contributed by atoms with Crippen LogP contribution in [0.3, 0.4) is 0 Å². The molecule has 0 fully saturated rings.